The van der Waals surface area contributed by atoms with Crippen LogP contribution in [0.3, 0.4) is 0 Å². The zero-order chi connectivity index (χ0) is 16.9. The lowest BCUT2D eigenvalue weighted by atomic mass is 9.78. The van der Waals surface area contributed by atoms with Crippen LogP contribution in [0.25, 0.3) is 0 Å². The van der Waals surface area contributed by atoms with E-state index in [1.807, 2.05) is 0 Å². The van der Waals surface area contributed by atoms with E-state index in [1.54, 1.807) is 5.57 Å². The van der Waals surface area contributed by atoms with Crippen molar-refractivity contribution in [3.63, 3.8) is 0 Å². The fourth-order valence-electron chi connectivity index (χ4n) is 4.39. The van der Waals surface area contributed by atoms with Crippen molar-refractivity contribution in [1.82, 2.24) is 0 Å². The fourth-order valence-corrected chi connectivity index (χ4v) is 4.39. The molecular weight excluding hydrogens is 302 g/mol. The van der Waals surface area contributed by atoms with Crippen LogP contribution in [-0.4, -0.2) is 12.6 Å². The zero-order valence-corrected chi connectivity index (χ0v) is 14.9. The van der Waals surface area contributed by atoms with Gasteiger partial charge < -0.3 is 4.90 Å². The summed E-state index contributed by atoms with van der Waals surface area (Å²) in [6.07, 6.45) is 13.2. The molecule has 0 radical (unpaired) electrons. The number of nitrogens with zero attached hydrogens (tertiary/aromatic N) is 1. The molecule has 0 spiro atoms. The Bertz CT molecular complexity index is 729. The maximum Gasteiger partial charge on any atom is 0.0508 e. The van der Waals surface area contributed by atoms with Gasteiger partial charge in [0.25, 0.3) is 0 Å². The molecule has 4 rings (SSSR count). The topological polar surface area (TPSA) is 3.24 Å². The first-order valence-electron chi connectivity index (χ1n) is 9.64. The van der Waals surface area contributed by atoms with Gasteiger partial charge >= 0.3 is 0 Å². The van der Waals surface area contributed by atoms with Gasteiger partial charge in [-0.25, -0.2) is 0 Å². The SMILES string of the molecule is C1=CCC2CCN(c3ccccc3)C(CCCc3ccccc3)C2=C1. The molecule has 1 heterocycles. The Morgan fingerprint density at radius 3 is 2.48 bits per heavy atom. The van der Waals surface area contributed by atoms with Gasteiger partial charge in [-0.05, 0) is 61.3 Å². The molecule has 1 saturated heterocycles. The number of hydrogen-bond acceptors (Lipinski definition) is 1. The van der Waals surface area contributed by atoms with E-state index in [9.17, 15) is 0 Å². The van der Waals surface area contributed by atoms with Crippen LogP contribution in [0.15, 0.2) is 84.5 Å². The number of rotatable bonds is 5. The Labute approximate surface area is 151 Å². The molecule has 0 amide bonds. The predicted molar refractivity (Wildman–Crippen MR) is 107 cm³/mol. The van der Waals surface area contributed by atoms with E-state index in [-0.39, 0.29) is 0 Å². The number of benzene rings is 2. The van der Waals surface area contributed by atoms with Crippen LogP contribution in [0.4, 0.5) is 5.69 Å². The van der Waals surface area contributed by atoms with Gasteiger partial charge in [0.1, 0.15) is 0 Å². The summed E-state index contributed by atoms with van der Waals surface area (Å²) in [5.74, 6) is 0.756. The Balaban J connectivity index is 1.52. The maximum atomic E-state index is 2.65. The van der Waals surface area contributed by atoms with Crippen molar-refractivity contribution in [2.24, 2.45) is 5.92 Å². The minimum absolute atomic E-state index is 0.551. The molecule has 2 atom stereocenters. The van der Waals surface area contributed by atoms with E-state index in [4.69, 9.17) is 0 Å². The molecule has 25 heavy (non-hydrogen) atoms. The number of allylic oxidation sites excluding steroid dienone is 3. The van der Waals surface area contributed by atoms with Gasteiger partial charge in [-0.3, -0.25) is 0 Å². The summed E-state index contributed by atoms with van der Waals surface area (Å²) in [5.41, 5.74) is 4.49. The highest BCUT2D eigenvalue weighted by Crippen LogP contribution is 2.38. The zero-order valence-electron chi connectivity index (χ0n) is 14.9. The number of para-hydroxylation sites is 1. The summed E-state index contributed by atoms with van der Waals surface area (Å²) in [5, 5.41) is 0. The first-order valence-corrected chi connectivity index (χ1v) is 9.64. The molecule has 2 unspecified atom stereocenters. The third kappa shape index (κ3) is 3.71. The van der Waals surface area contributed by atoms with Crippen LogP contribution in [0.2, 0.25) is 0 Å². The third-order valence-electron chi connectivity index (χ3n) is 5.67. The minimum Gasteiger partial charge on any atom is -0.365 e. The average molecular weight is 329 g/mol. The number of piperidine rings is 1. The molecule has 1 fully saturated rings. The Morgan fingerprint density at radius 1 is 0.920 bits per heavy atom. The largest absolute Gasteiger partial charge is 0.365 e. The molecule has 0 N–H and O–H groups in total. The molecule has 1 heteroatoms. The molecule has 2 aromatic rings. The van der Waals surface area contributed by atoms with Crippen LogP contribution < -0.4 is 4.90 Å². The molecule has 2 aliphatic rings. The first-order chi connectivity index (χ1) is 12.4. The summed E-state index contributed by atoms with van der Waals surface area (Å²) in [6, 6.07) is 22.4. The fraction of sp³-hybridized carbons (Fsp3) is 0.333. The first kappa shape index (κ1) is 16.2. The summed E-state index contributed by atoms with van der Waals surface area (Å²) in [7, 11) is 0. The van der Waals surface area contributed by atoms with E-state index in [1.165, 1.54) is 49.9 Å². The van der Waals surface area contributed by atoms with Crippen molar-refractivity contribution >= 4 is 5.69 Å². The number of anilines is 1. The molecule has 0 bridgehead atoms. The lowest BCUT2D eigenvalue weighted by Gasteiger charge is -2.44. The highest BCUT2D eigenvalue weighted by atomic mass is 15.2. The Hall–Kier alpha value is -2.28. The van der Waals surface area contributed by atoms with Crippen molar-refractivity contribution in [3.05, 3.63) is 90.0 Å². The Kier molecular flexibility index (Phi) is 5.01. The quantitative estimate of drug-likeness (QED) is 0.671. The van der Waals surface area contributed by atoms with E-state index in [0.717, 1.165) is 5.92 Å². The van der Waals surface area contributed by atoms with Crippen LogP contribution in [0.5, 0.6) is 0 Å². The van der Waals surface area contributed by atoms with E-state index < -0.39 is 0 Å². The van der Waals surface area contributed by atoms with E-state index in [2.05, 4.69) is 83.8 Å². The summed E-state index contributed by atoms with van der Waals surface area (Å²) < 4.78 is 0. The second kappa shape index (κ2) is 7.74. The van der Waals surface area contributed by atoms with Crippen LogP contribution in [-0.2, 0) is 6.42 Å². The van der Waals surface area contributed by atoms with Crippen LogP contribution in [0, 0.1) is 5.92 Å². The molecular formula is C24H27N. The van der Waals surface area contributed by atoms with Gasteiger partial charge in [0, 0.05) is 12.2 Å². The van der Waals surface area contributed by atoms with Crippen LogP contribution in [0.1, 0.15) is 31.2 Å². The predicted octanol–water partition coefficient (Wildman–Crippen LogP) is 5.79. The van der Waals surface area contributed by atoms with Crippen molar-refractivity contribution in [1.29, 1.82) is 0 Å². The van der Waals surface area contributed by atoms with Crippen molar-refractivity contribution in [2.45, 2.75) is 38.1 Å². The molecule has 2 aromatic carbocycles. The lowest BCUT2D eigenvalue weighted by molar-refractivity contribution is 0.422. The number of hydrogen-bond donors (Lipinski definition) is 0. The standard InChI is InChI=1S/C24H27N/c1-3-10-20(11-4-1)12-9-17-24-23-16-8-7-13-21(23)18-19-25(24)22-14-5-2-6-15-22/h1-8,10-11,14-16,21,24H,9,12-13,17-19H2. The summed E-state index contributed by atoms with van der Waals surface area (Å²) in [4.78, 5) is 2.65. The normalized spacial score (nSPS) is 22.4. The molecule has 1 nitrogen and oxygen atoms in total. The van der Waals surface area contributed by atoms with E-state index >= 15 is 0 Å². The second-order valence-electron chi connectivity index (χ2n) is 7.24. The summed E-state index contributed by atoms with van der Waals surface area (Å²) >= 11 is 0. The highest BCUT2D eigenvalue weighted by Gasteiger charge is 2.32. The Morgan fingerprint density at radius 2 is 1.68 bits per heavy atom. The van der Waals surface area contributed by atoms with Gasteiger partial charge in [0.2, 0.25) is 0 Å². The minimum atomic E-state index is 0.551. The monoisotopic (exact) mass is 329 g/mol. The van der Waals surface area contributed by atoms with Gasteiger partial charge in [0.15, 0.2) is 0 Å². The number of fused-ring (bicyclic) bond motifs is 1. The third-order valence-corrected chi connectivity index (χ3v) is 5.67. The van der Waals surface area contributed by atoms with Crippen molar-refractivity contribution in [3.8, 4) is 0 Å². The molecule has 0 aromatic heterocycles. The maximum absolute atomic E-state index is 2.65. The van der Waals surface area contributed by atoms with Crippen molar-refractivity contribution in [2.75, 3.05) is 11.4 Å². The molecule has 1 aliphatic heterocycles. The van der Waals surface area contributed by atoms with Gasteiger partial charge in [-0.1, -0.05) is 66.8 Å². The van der Waals surface area contributed by atoms with Gasteiger partial charge in [-0.15, -0.1) is 0 Å². The van der Waals surface area contributed by atoms with Gasteiger partial charge in [-0.2, -0.15) is 0 Å². The molecule has 1 aliphatic carbocycles. The van der Waals surface area contributed by atoms with Crippen molar-refractivity contribution < 1.29 is 0 Å². The second-order valence-corrected chi connectivity index (χ2v) is 7.24. The van der Waals surface area contributed by atoms with E-state index in [0.29, 0.717) is 6.04 Å². The average Bonchev–Trinajstić information content (AvgIpc) is 2.69. The highest BCUT2D eigenvalue weighted by molar-refractivity contribution is 5.51. The smallest absolute Gasteiger partial charge is 0.0508 e. The summed E-state index contributed by atoms with van der Waals surface area (Å²) in [6.45, 7) is 1.18. The van der Waals surface area contributed by atoms with Gasteiger partial charge in [0.05, 0.1) is 6.04 Å². The van der Waals surface area contributed by atoms with Crippen LogP contribution >= 0.6 is 0 Å². The number of aryl methyl sites for hydroxylation is 1. The molecule has 0 saturated carbocycles. The lowest BCUT2D eigenvalue weighted by Crippen LogP contribution is -2.45. The molecule has 128 valence electrons.